The standard InChI is InChI=1S/C20H26FN3O2/c1-2-3-4-5-8-18(25)24-13-6-7-16(14-24)20-22-19(23-26-20)15-9-11-17(21)12-10-15/h9-12,16H,2-8,13-14H2,1H3/t16-/m0/s1. The predicted octanol–water partition coefficient (Wildman–Crippen LogP) is 4.55. The molecule has 5 nitrogen and oxygen atoms in total. The average Bonchev–Trinajstić information content (AvgIpc) is 3.16. The van der Waals surface area contributed by atoms with Crippen LogP contribution in [0.1, 0.15) is 63.7 Å². The van der Waals surface area contributed by atoms with E-state index < -0.39 is 0 Å². The van der Waals surface area contributed by atoms with E-state index in [0.29, 0.717) is 24.7 Å². The topological polar surface area (TPSA) is 59.2 Å². The normalized spacial score (nSPS) is 17.5. The fourth-order valence-corrected chi connectivity index (χ4v) is 3.38. The van der Waals surface area contributed by atoms with Crippen LogP contribution in [-0.4, -0.2) is 34.0 Å². The maximum absolute atomic E-state index is 13.0. The first-order chi connectivity index (χ1) is 12.7. The number of benzene rings is 1. The highest BCUT2D eigenvalue weighted by Crippen LogP contribution is 2.28. The first-order valence-electron chi connectivity index (χ1n) is 9.54. The van der Waals surface area contributed by atoms with Crippen molar-refractivity contribution in [3.8, 4) is 11.4 Å². The summed E-state index contributed by atoms with van der Waals surface area (Å²) in [4.78, 5) is 18.8. The number of hydrogen-bond acceptors (Lipinski definition) is 4. The molecular weight excluding hydrogens is 333 g/mol. The molecule has 1 saturated heterocycles. The van der Waals surface area contributed by atoms with Gasteiger partial charge in [-0.3, -0.25) is 4.79 Å². The highest BCUT2D eigenvalue weighted by Gasteiger charge is 2.28. The summed E-state index contributed by atoms with van der Waals surface area (Å²) in [6, 6.07) is 6.03. The molecule has 0 unspecified atom stereocenters. The van der Waals surface area contributed by atoms with Gasteiger partial charge in [-0.1, -0.05) is 31.3 Å². The van der Waals surface area contributed by atoms with Crippen LogP contribution in [-0.2, 0) is 4.79 Å². The van der Waals surface area contributed by atoms with Gasteiger partial charge < -0.3 is 9.42 Å². The van der Waals surface area contributed by atoms with Crippen molar-refractivity contribution in [2.45, 2.75) is 57.8 Å². The molecule has 2 aromatic rings. The second kappa shape index (κ2) is 8.92. The third kappa shape index (κ3) is 4.68. The molecule has 1 aromatic heterocycles. The van der Waals surface area contributed by atoms with E-state index in [0.717, 1.165) is 37.8 Å². The van der Waals surface area contributed by atoms with E-state index in [2.05, 4.69) is 17.1 Å². The smallest absolute Gasteiger partial charge is 0.231 e. The summed E-state index contributed by atoms with van der Waals surface area (Å²) in [6.07, 6.45) is 6.94. The first kappa shape index (κ1) is 18.5. The van der Waals surface area contributed by atoms with Gasteiger partial charge in [-0.25, -0.2) is 4.39 Å². The maximum Gasteiger partial charge on any atom is 0.231 e. The zero-order valence-corrected chi connectivity index (χ0v) is 15.3. The second-order valence-corrected chi connectivity index (χ2v) is 6.95. The third-order valence-corrected chi connectivity index (χ3v) is 4.91. The van der Waals surface area contributed by atoms with Crippen LogP contribution in [0, 0.1) is 5.82 Å². The molecule has 1 fully saturated rings. The minimum atomic E-state index is -0.294. The summed E-state index contributed by atoms with van der Waals surface area (Å²) in [5.74, 6) is 1.03. The summed E-state index contributed by atoms with van der Waals surface area (Å²) in [7, 11) is 0. The Balaban J connectivity index is 1.59. The van der Waals surface area contributed by atoms with Crippen LogP contribution in [0.4, 0.5) is 4.39 Å². The number of halogens is 1. The Labute approximate surface area is 153 Å². The SMILES string of the molecule is CCCCCCC(=O)N1CCC[C@H](c2nc(-c3ccc(F)cc3)no2)C1. The molecule has 2 heterocycles. The molecule has 26 heavy (non-hydrogen) atoms. The van der Waals surface area contributed by atoms with Crippen molar-refractivity contribution in [3.05, 3.63) is 36.0 Å². The monoisotopic (exact) mass is 359 g/mol. The van der Waals surface area contributed by atoms with E-state index in [9.17, 15) is 9.18 Å². The van der Waals surface area contributed by atoms with Crippen LogP contribution in [0.15, 0.2) is 28.8 Å². The molecule has 3 rings (SSSR count). The van der Waals surface area contributed by atoms with Gasteiger partial charge in [-0.15, -0.1) is 0 Å². The molecule has 1 atom stereocenters. The first-order valence-corrected chi connectivity index (χ1v) is 9.54. The molecule has 0 N–H and O–H groups in total. The van der Waals surface area contributed by atoms with Gasteiger partial charge >= 0.3 is 0 Å². The van der Waals surface area contributed by atoms with Crippen LogP contribution >= 0.6 is 0 Å². The van der Waals surface area contributed by atoms with E-state index in [1.165, 1.54) is 25.0 Å². The molecule has 0 spiro atoms. The molecule has 0 radical (unpaired) electrons. The molecule has 1 aliphatic rings. The number of nitrogens with zero attached hydrogens (tertiary/aromatic N) is 3. The molecule has 1 aliphatic heterocycles. The van der Waals surface area contributed by atoms with Crippen molar-refractivity contribution in [2.75, 3.05) is 13.1 Å². The van der Waals surface area contributed by atoms with Crippen molar-refractivity contribution in [1.29, 1.82) is 0 Å². The van der Waals surface area contributed by atoms with Gasteiger partial charge in [0.2, 0.25) is 17.6 Å². The van der Waals surface area contributed by atoms with E-state index in [1.54, 1.807) is 12.1 Å². The second-order valence-electron chi connectivity index (χ2n) is 6.95. The Morgan fingerprint density at radius 1 is 1.27 bits per heavy atom. The highest BCUT2D eigenvalue weighted by atomic mass is 19.1. The van der Waals surface area contributed by atoms with Gasteiger partial charge in [0.05, 0.1) is 5.92 Å². The van der Waals surface area contributed by atoms with Crippen LogP contribution < -0.4 is 0 Å². The Kier molecular flexibility index (Phi) is 6.36. The summed E-state index contributed by atoms with van der Waals surface area (Å²) < 4.78 is 18.5. The fraction of sp³-hybridized carbons (Fsp3) is 0.550. The third-order valence-electron chi connectivity index (χ3n) is 4.91. The lowest BCUT2D eigenvalue weighted by atomic mass is 9.97. The zero-order chi connectivity index (χ0) is 18.4. The fourth-order valence-electron chi connectivity index (χ4n) is 3.38. The lowest BCUT2D eigenvalue weighted by molar-refractivity contribution is -0.132. The number of amides is 1. The van der Waals surface area contributed by atoms with Crippen molar-refractivity contribution < 1.29 is 13.7 Å². The van der Waals surface area contributed by atoms with Gasteiger partial charge in [-0.2, -0.15) is 4.98 Å². The molecule has 140 valence electrons. The van der Waals surface area contributed by atoms with Gasteiger partial charge in [0.1, 0.15) is 5.82 Å². The maximum atomic E-state index is 13.0. The molecule has 1 aromatic carbocycles. The van der Waals surface area contributed by atoms with Crippen molar-refractivity contribution in [3.63, 3.8) is 0 Å². The largest absolute Gasteiger partial charge is 0.342 e. The summed E-state index contributed by atoms with van der Waals surface area (Å²) in [5.41, 5.74) is 0.723. The average molecular weight is 359 g/mol. The number of rotatable bonds is 7. The van der Waals surface area contributed by atoms with E-state index in [-0.39, 0.29) is 17.6 Å². The lowest BCUT2D eigenvalue weighted by Crippen LogP contribution is -2.39. The van der Waals surface area contributed by atoms with Gasteiger partial charge in [0.25, 0.3) is 0 Å². The molecule has 0 saturated carbocycles. The Morgan fingerprint density at radius 2 is 2.08 bits per heavy atom. The van der Waals surface area contributed by atoms with E-state index in [4.69, 9.17) is 4.52 Å². The molecule has 0 aliphatic carbocycles. The molecule has 1 amide bonds. The molecular formula is C20H26FN3O2. The van der Waals surface area contributed by atoms with Crippen molar-refractivity contribution >= 4 is 5.91 Å². The molecule has 0 bridgehead atoms. The zero-order valence-electron chi connectivity index (χ0n) is 15.3. The molecule has 6 heteroatoms. The number of hydrogen-bond donors (Lipinski definition) is 0. The number of aromatic nitrogens is 2. The number of likely N-dealkylation sites (tertiary alicyclic amines) is 1. The van der Waals surface area contributed by atoms with Gasteiger partial charge in [0, 0.05) is 25.1 Å². The number of piperidine rings is 1. The van der Waals surface area contributed by atoms with Crippen LogP contribution in [0.3, 0.4) is 0 Å². The van der Waals surface area contributed by atoms with Crippen molar-refractivity contribution in [1.82, 2.24) is 15.0 Å². The number of carbonyl (C=O) groups excluding carboxylic acids is 1. The van der Waals surface area contributed by atoms with Crippen LogP contribution in [0.25, 0.3) is 11.4 Å². The number of unbranched alkanes of at least 4 members (excludes halogenated alkanes) is 3. The quantitative estimate of drug-likeness (QED) is 0.680. The highest BCUT2D eigenvalue weighted by molar-refractivity contribution is 5.76. The van der Waals surface area contributed by atoms with E-state index >= 15 is 0 Å². The lowest BCUT2D eigenvalue weighted by Gasteiger charge is -2.31. The minimum Gasteiger partial charge on any atom is -0.342 e. The number of carbonyl (C=O) groups is 1. The van der Waals surface area contributed by atoms with Crippen LogP contribution in [0.2, 0.25) is 0 Å². The summed E-state index contributed by atoms with van der Waals surface area (Å²) in [6.45, 7) is 3.61. The Morgan fingerprint density at radius 3 is 2.85 bits per heavy atom. The van der Waals surface area contributed by atoms with Crippen molar-refractivity contribution in [2.24, 2.45) is 0 Å². The van der Waals surface area contributed by atoms with Gasteiger partial charge in [0.15, 0.2) is 0 Å². The van der Waals surface area contributed by atoms with Crippen LogP contribution in [0.5, 0.6) is 0 Å². The summed E-state index contributed by atoms with van der Waals surface area (Å²) in [5, 5.41) is 4.02. The predicted molar refractivity (Wildman–Crippen MR) is 97.0 cm³/mol. The minimum absolute atomic E-state index is 0.0741. The Hall–Kier alpha value is -2.24. The van der Waals surface area contributed by atoms with E-state index in [1.807, 2.05) is 4.90 Å². The Bertz CT molecular complexity index is 714. The summed E-state index contributed by atoms with van der Waals surface area (Å²) >= 11 is 0. The van der Waals surface area contributed by atoms with Gasteiger partial charge in [-0.05, 0) is 43.5 Å².